The molecule has 0 bridgehead atoms. The maximum atomic E-state index is 6.02. The van der Waals surface area contributed by atoms with Crippen molar-refractivity contribution in [3.63, 3.8) is 0 Å². The lowest BCUT2D eigenvalue weighted by atomic mass is 10.2. The van der Waals surface area contributed by atoms with Gasteiger partial charge in [-0.15, -0.1) is 0 Å². The van der Waals surface area contributed by atoms with Crippen molar-refractivity contribution in [3.8, 4) is 11.5 Å². The van der Waals surface area contributed by atoms with Crippen molar-refractivity contribution in [2.24, 2.45) is 0 Å². The molecule has 0 atom stereocenters. The lowest BCUT2D eigenvalue weighted by molar-refractivity contribution is 0.487. The minimum atomic E-state index is 0.685. The third kappa shape index (κ3) is 2.40. The molecule has 3 nitrogen and oxygen atoms in total. The highest BCUT2D eigenvalue weighted by molar-refractivity contribution is 6.31. The Labute approximate surface area is 122 Å². The summed E-state index contributed by atoms with van der Waals surface area (Å²) in [6.45, 7) is 1.94. The van der Waals surface area contributed by atoms with Crippen LogP contribution in [0.4, 0.5) is 5.69 Å². The summed E-state index contributed by atoms with van der Waals surface area (Å²) in [6, 6.07) is 13.0. The Kier molecular flexibility index (Phi) is 3.20. The minimum Gasteiger partial charge on any atom is -0.457 e. The van der Waals surface area contributed by atoms with Crippen LogP contribution >= 0.6 is 11.6 Å². The van der Waals surface area contributed by atoms with Crippen LogP contribution < -0.4 is 10.5 Å². The second-order valence-electron chi connectivity index (χ2n) is 4.60. The SMILES string of the molecule is Cc1cc(Oc2ccnc3cc(N)ccc23)ccc1Cl. The molecule has 1 heterocycles. The van der Waals surface area contributed by atoms with Gasteiger partial charge in [0.1, 0.15) is 11.5 Å². The zero-order valence-electron chi connectivity index (χ0n) is 10.9. The second-order valence-corrected chi connectivity index (χ2v) is 5.01. The van der Waals surface area contributed by atoms with Crippen molar-refractivity contribution < 1.29 is 4.74 Å². The van der Waals surface area contributed by atoms with Gasteiger partial charge in [-0.2, -0.15) is 0 Å². The first-order valence-corrected chi connectivity index (χ1v) is 6.59. The first-order chi connectivity index (χ1) is 9.63. The quantitative estimate of drug-likeness (QED) is 0.701. The second kappa shape index (κ2) is 5.02. The predicted molar refractivity (Wildman–Crippen MR) is 82.4 cm³/mol. The highest BCUT2D eigenvalue weighted by Crippen LogP contribution is 2.31. The number of aromatic nitrogens is 1. The molecule has 0 amide bonds. The standard InChI is InChI=1S/C16H13ClN2O/c1-10-8-12(3-5-14(10)17)20-16-6-7-19-15-9-11(18)2-4-13(15)16/h2-9H,18H2,1H3. The van der Waals surface area contributed by atoms with E-state index >= 15 is 0 Å². The van der Waals surface area contributed by atoms with Crippen molar-refractivity contribution >= 4 is 28.2 Å². The number of aryl methyl sites for hydroxylation is 1. The van der Waals surface area contributed by atoms with Crippen LogP contribution in [0.3, 0.4) is 0 Å². The van der Waals surface area contributed by atoms with Gasteiger partial charge in [-0.3, -0.25) is 4.98 Å². The molecule has 2 N–H and O–H groups in total. The molecule has 0 fully saturated rings. The Hall–Kier alpha value is -2.26. The van der Waals surface area contributed by atoms with E-state index in [1.54, 1.807) is 6.20 Å². The number of pyridine rings is 1. The Bertz CT molecular complexity index is 787. The van der Waals surface area contributed by atoms with Gasteiger partial charge >= 0.3 is 0 Å². The molecule has 0 radical (unpaired) electrons. The fourth-order valence-corrected chi connectivity index (χ4v) is 2.15. The van der Waals surface area contributed by atoms with Crippen molar-refractivity contribution in [2.45, 2.75) is 6.92 Å². The Morgan fingerprint density at radius 2 is 1.95 bits per heavy atom. The Balaban J connectivity index is 2.04. The molecule has 0 aliphatic carbocycles. The molecule has 2 aromatic carbocycles. The fraction of sp³-hybridized carbons (Fsp3) is 0.0625. The molecule has 0 unspecified atom stereocenters. The number of nitrogens with zero attached hydrogens (tertiary/aromatic N) is 1. The van der Waals surface area contributed by atoms with E-state index in [0.717, 1.165) is 33.0 Å². The lowest BCUT2D eigenvalue weighted by Crippen LogP contribution is -1.90. The third-order valence-electron chi connectivity index (χ3n) is 3.08. The zero-order valence-corrected chi connectivity index (χ0v) is 11.7. The van der Waals surface area contributed by atoms with E-state index in [4.69, 9.17) is 22.1 Å². The van der Waals surface area contributed by atoms with E-state index in [0.29, 0.717) is 5.69 Å². The molecule has 3 rings (SSSR count). The first kappa shape index (κ1) is 12.8. The minimum absolute atomic E-state index is 0.685. The van der Waals surface area contributed by atoms with Gasteiger partial charge in [0.2, 0.25) is 0 Å². The maximum Gasteiger partial charge on any atom is 0.138 e. The summed E-state index contributed by atoms with van der Waals surface area (Å²) in [5.74, 6) is 1.49. The molecule has 4 heteroatoms. The van der Waals surface area contributed by atoms with E-state index in [9.17, 15) is 0 Å². The summed E-state index contributed by atoms with van der Waals surface area (Å²) in [7, 11) is 0. The first-order valence-electron chi connectivity index (χ1n) is 6.22. The summed E-state index contributed by atoms with van der Waals surface area (Å²) in [4.78, 5) is 4.29. The molecular weight excluding hydrogens is 272 g/mol. The smallest absolute Gasteiger partial charge is 0.138 e. The van der Waals surface area contributed by atoms with E-state index < -0.39 is 0 Å². The largest absolute Gasteiger partial charge is 0.457 e. The molecular formula is C16H13ClN2O. The van der Waals surface area contributed by atoms with Crippen LogP contribution in [0.5, 0.6) is 11.5 Å². The number of benzene rings is 2. The van der Waals surface area contributed by atoms with Crippen LogP contribution in [0.2, 0.25) is 5.02 Å². The summed E-state index contributed by atoms with van der Waals surface area (Å²) in [6.07, 6.45) is 1.71. The molecule has 100 valence electrons. The predicted octanol–water partition coefficient (Wildman–Crippen LogP) is 4.57. The van der Waals surface area contributed by atoms with Gasteiger partial charge in [0.05, 0.1) is 5.52 Å². The highest BCUT2D eigenvalue weighted by Gasteiger charge is 2.06. The van der Waals surface area contributed by atoms with Gasteiger partial charge in [-0.25, -0.2) is 0 Å². The normalized spacial score (nSPS) is 10.7. The molecule has 20 heavy (non-hydrogen) atoms. The number of nitrogens with two attached hydrogens (primary N) is 1. The number of hydrogen-bond acceptors (Lipinski definition) is 3. The van der Waals surface area contributed by atoms with Gasteiger partial charge in [0.15, 0.2) is 0 Å². The zero-order chi connectivity index (χ0) is 14.1. The van der Waals surface area contributed by atoms with E-state index in [-0.39, 0.29) is 0 Å². The number of halogens is 1. The number of anilines is 1. The van der Waals surface area contributed by atoms with Crippen molar-refractivity contribution in [1.82, 2.24) is 4.98 Å². The van der Waals surface area contributed by atoms with E-state index in [2.05, 4.69) is 4.98 Å². The van der Waals surface area contributed by atoms with Crippen LogP contribution in [0.1, 0.15) is 5.56 Å². The Morgan fingerprint density at radius 3 is 2.75 bits per heavy atom. The average Bonchev–Trinajstić information content (AvgIpc) is 2.43. The van der Waals surface area contributed by atoms with Crippen LogP contribution in [-0.4, -0.2) is 4.98 Å². The monoisotopic (exact) mass is 284 g/mol. The summed E-state index contributed by atoms with van der Waals surface area (Å²) >= 11 is 6.02. The van der Waals surface area contributed by atoms with Gasteiger partial charge in [0, 0.05) is 22.3 Å². The number of hydrogen-bond donors (Lipinski definition) is 1. The van der Waals surface area contributed by atoms with Crippen molar-refractivity contribution in [1.29, 1.82) is 0 Å². The summed E-state index contributed by atoms with van der Waals surface area (Å²) in [5, 5.41) is 1.65. The van der Waals surface area contributed by atoms with Gasteiger partial charge < -0.3 is 10.5 Å². The third-order valence-corrected chi connectivity index (χ3v) is 3.51. The van der Waals surface area contributed by atoms with Crippen LogP contribution in [0.15, 0.2) is 48.7 Å². The number of ether oxygens (including phenoxy) is 1. The maximum absolute atomic E-state index is 6.02. The topological polar surface area (TPSA) is 48.1 Å². The van der Waals surface area contributed by atoms with E-state index in [1.807, 2.05) is 49.4 Å². The molecule has 0 spiro atoms. The molecule has 0 saturated carbocycles. The number of fused-ring (bicyclic) bond motifs is 1. The van der Waals surface area contributed by atoms with Gasteiger partial charge in [0.25, 0.3) is 0 Å². The highest BCUT2D eigenvalue weighted by atomic mass is 35.5. The Morgan fingerprint density at radius 1 is 1.10 bits per heavy atom. The van der Waals surface area contributed by atoms with Gasteiger partial charge in [-0.05, 0) is 55.0 Å². The number of nitrogen functional groups attached to an aromatic ring is 1. The molecule has 3 aromatic rings. The average molecular weight is 285 g/mol. The van der Waals surface area contributed by atoms with Crippen molar-refractivity contribution in [2.75, 3.05) is 5.73 Å². The molecule has 0 aliphatic rings. The van der Waals surface area contributed by atoms with Gasteiger partial charge in [-0.1, -0.05) is 11.6 Å². The van der Waals surface area contributed by atoms with E-state index in [1.165, 1.54) is 0 Å². The van der Waals surface area contributed by atoms with Crippen LogP contribution in [0.25, 0.3) is 10.9 Å². The van der Waals surface area contributed by atoms with Crippen LogP contribution in [-0.2, 0) is 0 Å². The molecule has 0 aliphatic heterocycles. The van der Waals surface area contributed by atoms with Crippen LogP contribution in [0, 0.1) is 6.92 Å². The fourth-order valence-electron chi connectivity index (χ4n) is 2.04. The number of rotatable bonds is 2. The molecule has 0 saturated heterocycles. The van der Waals surface area contributed by atoms with Crippen molar-refractivity contribution in [3.05, 3.63) is 59.2 Å². The molecule has 1 aromatic heterocycles. The lowest BCUT2D eigenvalue weighted by Gasteiger charge is -2.10. The summed E-state index contributed by atoms with van der Waals surface area (Å²) in [5.41, 5.74) is 8.24. The summed E-state index contributed by atoms with van der Waals surface area (Å²) < 4.78 is 5.93.